The molecule has 1 aromatic rings. The Kier molecular flexibility index (Phi) is 2.96. The molecule has 0 aromatic heterocycles. The first-order valence-corrected chi connectivity index (χ1v) is 6.10. The molecule has 1 aromatic carbocycles. The molecular formula is C14H20N2O. The maximum atomic E-state index is 12.4. The van der Waals surface area contributed by atoms with Gasteiger partial charge in [-0.05, 0) is 31.9 Å². The molecule has 17 heavy (non-hydrogen) atoms. The van der Waals surface area contributed by atoms with Crippen LogP contribution in [0.15, 0.2) is 30.3 Å². The Labute approximate surface area is 103 Å². The third kappa shape index (κ3) is 2.07. The molecule has 1 fully saturated rings. The van der Waals surface area contributed by atoms with Crippen molar-refractivity contribution in [1.29, 1.82) is 0 Å². The van der Waals surface area contributed by atoms with Crippen LogP contribution in [0.5, 0.6) is 0 Å². The Morgan fingerprint density at radius 3 is 2.29 bits per heavy atom. The number of nitrogens with one attached hydrogen (secondary N) is 1. The summed E-state index contributed by atoms with van der Waals surface area (Å²) in [5, 5.41) is 1.69. The van der Waals surface area contributed by atoms with Gasteiger partial charge < -0.3 is 0 Å². The van der Waals surface area contributed by atoms with E-state index in [1.807, 2.05) is 30.3 Å². The van der Waals surface area contributed by atoms with Gasteiger partial charge in [0.05, 0.1) is 11.6 Å². The van der Waals surface area contributed by atoms with Gasteiger partial charge in [0.1, 0.15) is 0 Å². The molecule has 3 nitrogen and oxygen atoms in total. The molecule has 0 radical (unpaired) electrons. The van der Waals surface area contributed by atoms with Crippen molar-refractivity contribution >= 4 is 11.6 Å². The van der Waals surface area contributed by atoms with E-state index in [1.54, 1.807) is 5.01 Å². The molecule has 3 heteroatoms. The Morgan fingerprint density at radius 2 is 1.82 bits per heavy atom. The van der Waals surface area contributed by atoms with E-state index in [0.717, 1.165) is 5.69 Å². The molecule has 92 valence electrons. The number of nitrogens with zero attached hydrogens (tertiary/aromatic N) is 1. The standard InChI is InChI=1S/C14H20N2O/c1-10(2)12-13(17)16(15-14(12,3)4)11-8-6-5-7-9-11/h5-10,12,15H,1-4H3. The lowest BCUT2D eigenvalue weighted by atomic mass is 9.81. The zero-order chi connectivity index (χ0) is 12.6. The third-order valence-corrected chi connectivity index (χ3v) is 3.34. The minimum absolute atomic E-state index is 0.0164. The van der Waals surface area contributed by atoms with Crippen LogP contribution in [0.2, 0.25) is 0 Å². The topological polar surface area (TPSA) is 32.3 Å². The Morgan fingerprint density at radius 1 is 1.24 bits per heavy atom. The second-order valence-corrected chi connectivity index (χ2v) is 5.56. The Balaban J connectivity index is 2.33. The summed E-state index contributed by atoms with van der Waals surface area (Å²) in [7, 11) is 0. The van der Waals surface area contributed by atoms with E-state index in [1.165, 1.54) is 0 Å². The van der Waals surface area contributed by atoms with Gasteiger partial charge in [0, 0.05) is 5.54 Å². The van der Waals surface area contributed by atoms with Crippen LogP contribution in [0.4, 0.5) is 5.69 Å². The highest BCUT2D eigenvalue weighted by atomic mass is 16.2. The van der Waals surface area contributed by atoms with E-state index >= 15 is 0 Å². The smallest absolute Gasteiger partial charge is 0.246 e. The summed E-state index contributed by atoms with van der Waals surface area (Å²) in [6.07, 6.45) is 0. The van der Waals surface area contributed by atoms with Gasteiger partial charge in [-0.1, -0.05) is 32.0 Å². The lowest BCUT2D eigenvalue weighted by Crippen LogP contribution is -2.44. The van der Waals surface area contributed by atoms with E-state index in [4.69, 9.17) is 0 Å². The third-order valence-electron chi connectivity index (χ3n) is 3.34. The molecule has 0 spiro atoms. The minimum atomic E-state index is -0.193. The first-order chi connectivity index (χ1) is 7.93. The highest BCUT2D eigenvalue weighted by molar-refractivity contribution is 5.97. The molecule has 1 N–H and O–H groups in total. The zero-order valence-electron chi connectivity index (χ0n) is 10.9. The molecule has 1 atom stereocenters. The SMILES string of the molecule is CC(C)C1C(=O)N(c2ccccc2)NC1(C)C. The van der Waals surface area contributed by atoms with Crippen LogP contribution >= 0.6 is 0 Å². The predicted octanol–water partition coefficient (Wildman–Crippen LogP) is 2.59. The summed E-state index contributed by atoms with van der Waals surface area (Å²) in [5.74, 6) is 0.512. The number of anilines is 1. The van der Waals surface area contributed by atoms with Crippen LogP contribution < -0.4 is 10.4 Å². The number of carbonyl (C=O) groups is 1. The van der Waals surface area contributed by atoms with E-state index in [2.05, 4.69) is 33.1 Å². The van der Waals surface area contributed by atoms with Crippen molar-refractivity contribution in [1.82, 2.24) is 5.43 Å². The largest absolute Gasteiger partial charge is 0.273 e. The fraction of sp³-hybridized carbons (Fsp3) is 0.500. The van der Waals surface area contributed by atoms with Crippen LogP contribution in [0, 0.1) is 11.8 Å². The summed E-state index contributed by atoms with van der Waals surface area (Å²) in [6.45, 7) is 8.36. The molecule has 0 bridgehead atoms. The number of carbonyl (C=O) groups excluding carboxylic acids is 1. The fourth-order valence-electron chi connectivity index (χ4n) is 2.75. The maximum Gasteiger partial charge on any atom is 0.246 e. The van der Waals surface area contributed by atoms with E-state index in [9.17, 15) is 4.79 Å². The van der Waals surface area contributed by atoms with Gasteiger partial charge in [0.15, 0.2) is 0 Å². The van der Waals surface area contributed by atoms with Crippen molar-refractivity contribution in [2.45, 2.75) is 33.2 Å². The average molecular weight is 232 g/mol. The van der Waals surface area contributed by atoms with Gasteiger partial charge in [-0.15, -0.1) is 0 Å². The number of rotatable bonds is 2. The van der Waals surface area contributed by atoms with E-state index < -0.39 is 0 Å². The molecule has 1 saturated heterocycles. The van der Waals surface area contributed by atoms with E-state index in [-0.39, 0.29) is 17.4 Å². The molecule has 0 aliphatic carbocycles. The van der Waals surface area contributed by atoms with Crippen LogP contribution in [-0.2, 0) is 4.79 Å². The first kappa shape index (κ1) is 12.1. The molecule has 1 amide bonds. The van der Waals surface area contributed by atoms with E-state index in [0.29, 0.717) is 5.92 Å². The van der Waals surface area contributed by atoms with Gasteiger partial charge in [-0.25, -0.2) is 10.4 Å². The number of para-hydroxylation sites is 1. The van der Waals surface area contributed by atoms with Gasteiger partial charge >= 0.3 is 0 Å². The molecule has 1 aliphatic heterocycles. The summed E-state index contributed by atoms with van der Waals surface area (Å²) >= 11 is 0. The lowest BCUT2D eigenvalue weighted by molar-refractivity contribution is -0.122. The Hall–Kier alpha value is -1.35. The second kappa shape index (κ2) is 4.15. The number of hydrazine groups is 1. The number of hydrogen-bond donors (Lipinski definition) is 1. The van der Waals surface area contributed by atoms with Crippen molar-refractivity contribution in [2.75, 3.05) is 5.01 Å². The van der Waals surface area contributed by atoms with Crippen LogP contribution in [0.1, 0.15) is 27.7 Å². The zero-order valence-corrected chi connectivity index (χ0v) is 10.9. The summed E-state index contributed by atoms with van der Waals surface area (Å²) in [5.41, 5.74) is 4.03. The first-order valence-electron chi connectivity index (χ1n) is 6.10. The molecule has 1 heterocycles. The maximum absolute atomic E-state index is 12.4. The normalized spacial score (nSPS) is 23.5. The second-order valence-electron chi connectivity index (χ2n) is 5.56. The molecule has 2 rings (SSSR count). The van der Waals surface area contributed by atoms with Gasteiger partial charge in [0.2, 0.25) is 5.91 Å². The quantitative estimate of drug-likeness (QED) is 0.850. The number of benzene rings is 1. The predicted molar refractivity (Wildman–Crippen MR) is 69.5 cm³/mol. The van der Waals surface area contributed by atoms with Crippen LogP contribution in [0.3, 0.4) is 0 Å². The molecule has 0 saturated carbocycles. The average Bonchev–Trinajstić information content (AvgIpc) is 2.50. The van der Waals surface area contributed by atoms with Gasteiger partial charge in [0.25, 0.3) is 0 Å². The molecular weight excluding hydrogens is 212 g/mol. The highest BCUT2D eigenvalue weighted by Gasteiger charge is 2.47. The van der Waals surface area contributed by atoms with Gasteiger partial charge in [-0.3, -0.25) is 4.79 Å². The minimum Gasteiger partial charge on any atom is -0.273 e. The lowest BCUT2D eigenvalue weighted by Gasteiger charge is -2.26. The van der Waals surface area contributed by atoms with Crippen molar-refractivity contribution in [3.05, 3.63) is 30.3 Å². The van der Waals surface area contributed by atoms with Gasteiger partial charge in [-0.2, -0.15) is 0 Å². The molecule has 1 unspecified atom stereocenters. The van der Waals surface area contributed by atoms with Crippen LogP contribution in [-0.4, -0.2) is 11.4 Å². The van der Waals surface area contributed by atoms with Crippen LogP contribution in [0.25, 0.3) is 0 Å². The molecule has 1 aliphatic rings. The van der Waals surface area contributed by atoms with Crippen molar-refractivity contribution in [2.24, 2.45) is 11.8 Å². The summed E-state index contributed by atoms with van der Waals surface area (Å²) < 4.78 is 0. The summed E-state index contributed by atoms with van der Waals surface area (Å²) in [6, 6.07) is 9.74. The highest BCUT2D eigenvalue weighted by Crippen LogP contribution is 2.34. The monoisotopic (exact) mass is 232 g/mol. The summed E-state index contributed by atoms with van der Waals surface area (Å²) in [4.78, 5) is 12.4. The Bertz CT molecular complexity index is 411. The van der Waals surface area contributed by atoms with Crippen molar-refractivity contribution < 1.29 is 4.79 Å². The fourth-order valence-corrected chi connectivity index (χ4v) is 2.75. The number of hydrogen-bond acceptors (Lipinski definition) is 2. The van der Waals surface area contributed by atoms with Crippen molar-refractivity contribution in [3.8, 4) is 0 Å². The number of amides is 1. The van der Waals surface area contributed by atoms with Crippen molar-refractivity contribution in [3.63, 3.8) is 0 Å².